The Kier molecular flexibility index (Phi) is 10.9. The summed E-state index contributed by atoms with van der Waals surface area (Å²) in [4.78, 5) is 38.2. The number of benzene rings is 2. The Morgan fingerprint density at radius 1 is 1.13 bits per heavy atom. The number of halogens is 3. The van der Waals surface area contributed by atoms with Crippen molar-refractivity contribution in [3.63, 3.8) is 0 Å². The molecule has 3 aromatic heterocycles. The van der Waals surface area contributed by atoms with Crippen molar-refractivity contribution in [2.45, 2.75) is 25.3 Å². The summed E-state index contributed by atoms with van der Waals surface area (Å²) in [6.07, 6.45) is 11.3. The Balaban J connectivity index is 1.27. The molecule has 2 aromatic carbocycles. The van der Waals surface area contributed by atoms with Gasteiger partial charge in [-0.3, -0.25) is 19.7 Å². The molecule has 0 bridgehead atoms. The Morgan fingerprint density at radius 2 is 1.96 bits per heavy atom. The molecule has 5 aromatic rings. The fourth-order valence-corrected chi connectivity index (χ4v) is 7.34. The molecule has 2 aliphatic heterocycles. The first-order chi connectivity index (χ1) is 26.8. The molecule has 16 heteroatoms. The zero-order valence-electron chi connectivity index (χ0n) is 29.6. The third-order valence-electron chi connectivity index (χ3n) is 9.90. The number of aromatic hydroxyl groups is 1. The van der Waals surface area contributed by atoms with Gasteiger partial charge in [0, 0.05) is 67.0 Å². The lowest BCUT2D eigenvalue weighted by Crippen LogP contribution is -2.46. The largest absolute Gasteiger partial charge is 0.508 e. The minimum atomic E-state index is -0.944. The fraction of sp³-hybridized carbons (Fsp3) is 0.308. The number of rotatable bonds is 12. The molecule has 1 atom stereocenters. The van der Waals surface area contributed by atoms with E-state index in [2.05, 4.69) is 35.8 Å². The maximum atomic E-state index is 17.0. The topological polar surface area (TPSA) is 157 Å². The molecule has 1 N–H and O–H groups in total. The van der Waals surface area contributed by atoms with Gasteiger partial charge in [0.25, 0.3) is 0 Å². The number of terminal acetylenes is 1. The number of hydrogen-bond acceptors (Lipinski definition) is 11. The molecule has 5 heterocycles. The smallest absolute Gasteiger partial charge is 0.319 e. The highest BCUT2D eigenvalue weighted by atomic mass is 19.1. The summed E-state index contributed by atoms with van der Waals surface area (Å²) in [7, 11) is 0. The van der Waals surface area contributed by atoms with E-state index in [9.17, 15) is 18.7 Å². The van der Waals surface area contributed by atoms with Crippen LogP contribution in [0.5, 0.6) is 11.8 Å². The number of hydrogen-bond donors (Lipinski definition) is 1. The monoisotopic (exact) mass is 748 g/mol. The molecule has 2 saturated heterocycles. The van der Waals surface area contributed by atoms with E-state index in [0.717, 1.165) is 19.4 Å². The van der Waals surface area contributed by atoms with Gasteiger partial charge in [-0.25, -0.2) is 13.2 Å². The van der Waals surface area contributed by atoms with E-state index in [1.54, 1.807) is 23.1 Å². The van der Waals surface area contributed by atoms with Gasteiger partial charge < -0.3 is 19.6 Å². The minimum absolute atomic E-state index is 0.0236. The second-order valence-corrected chi connectivity index (χ2v) is 13.1. The quantitative estimate of drug-likeness (QED) is 0.0288. The molecule has 0 saturated carbocycles. The van der Waals surface area contributed by atoms with Crippen LogP contribution in [-0.4, -0.2) is 99.6 Å². The summed E-state index contributed by atoms with van der Waals surface area (Å²) in [6, 6.07) is 10.3. The summed E-state index contributed by atoms with van der Waals surface area (Å²) in [5.74, 6) is -0.0212. The van der Waals surface area contributed by atoms with Gasteiger partial charge in [-0.2, -0.15) is 9.97 Å². The van der Waals surface area contributed by atoms with Gasteiger partial charge in [0.2, 0.25) is 0 Å². The number of likely N-dealkylation sites (tertiary alicyclic amines) is 1. The van der Waals surface area contributed by atoms with Gasteiger partial charge in [-0.05, 0) is 73.6 Å². The lowest BCUT2D eigenvalue weighted by Gasteiger charge is -2.38. The number of azide groups is 1. The van der Waals surface area contributed by atoms with E-state index in [0.29, 0.717) is 49.5 Å². The number of aldehydes is 1. The summed E-state index contributed by atoms with van der Waals surface area (Å²) in [5.41, 5.74) is 8.65. The maximum absolute atomic E-state index is 17.0. The molecule has 55 heavy (non-hydrogen) atoms. The average molecular weight is 749 g/mol. The number of carbonyl (C=O) groups is 1. The number of anilines is 1. The first kappa shape index (κ1) is 36.9. The van der Waals surface area contributed by atoms with E-state index < -0.39 is 17.5 Å². The van der Waals surface area contributed by atoms with Crippen molar-refractivity contribution >= 4 is 39.5 Å². The molecule has 0 amide bonds. The van der Waals surface area contributed by atoms with E-state index in [4.69, 9.17) is 21.7 Å². The van der Waals surface area contributed by atoms with Crippen molar-refractivity contribution in [3.05, 3.63) is 94.0 Å². The first-order valence-electron chi connectivity index (χ1n) is 17.7. The maximum Gasteiger partial charge on any atom is 0.319 e. The second kappa shape index (κ2) is 16.3. The van der Waals surface area contributed by atoms with Crippen LogP contribution in [0.1, 0.15) is 30.5 Å². The molecule has 2 aliphatic rings. The number of pyridine rings is 2. The van der Waals surface area contributed by atoms with Gasteiger partial charge in [0.1, 0.15) is 40.9 Å². The van der Waals surface area contributed by atoms with Crippen molar-refractivity contribution in [2.75, 3.05) is 57.3 Å². The van der Waals surface area contributed by atoms with E-state index in [1.807, 2.05) is 4.90 Å². The van der Waals surface area contributed by atoms with Crippen molar-refractivity contribution in [1.82, 2.24) is 29.7 Å². The average Bonchev–Trinajstić information content (AvgIpc) is 3.66. The highest BCUT2D eigenvalue weighted by Crippen LogP contribution is 2.39. The third kappa shape index (κ3) is 7.53. The number of carbonyl (C=O) groups excluding carboxylic acids is 1. The lowest BCUT2D eigenvalue weighted by atomic mass is 9.96. The molecule has 2 fully saturated rings. The van der Waals surface area contributed by atoms with Gasteiger partial charge in [0.15, 0.2) is 17.9 Å². The van der Waals surface area contributed by atoms with Crippen LogP contribution in [0.15, 0.2) is 65.8 Å². The first-order valence-corrected chi connectivity index (χ1v) is 17.7. The van der Waals surface area contributed by atoms with E-state index in [1.165, 1.54) is 36.7 Å². The van der Waals surface area contributed by atoms with Crippen LogP contribution in [0.25, 0.3) is 49.1 Å². The zero-order valence-corrected chi connectivity index (χ0v) is 29.6. The molecule has 0 spiro atoms. The van der Waals surface area contributed by atoms with Crippen LogP contribution in [-0.2, 0) is 4.79 Å². The lowest BCUT2D eigenvalue weighted by molar-refractivity contribution is -0.106. The van der Waals surface area contributed by atoms with Crippen molar-refractivity contribution < 1.29 is 27.8 Å². The highest BCUT2D eigenvalue weighted by Gasteiger charge is 2.29. The minimum Gasteiger partial charge on any atom is -0.508 e. The molecule has 0 aliphatic carbocycles. The number of phenols is 1. The zero-order chi connectivity index (χ0) is 38.5. The van der Waals surface area contributed by atoms with E-state index in [-0.39, 0.29) is 82.6 Å². The SMILES string of the molecule is C#Cc1c(F)ccc2cc(O)cc(-c3ncc4c(N5CCN(/C(=C(\F)C=O)c6ccccn6)CC5)nc(OC[C@@H]5CCCN5CCCN=[N+]=[N-])nc4c3F)c12. The Labute approximate surface area is 313 Å². The number of nitrogens with zero attached hydrogens (tertiary/aromatic N) is 10. The number of phenolic OH excluding ortho intramolecular Hbond substituents is 1. The predicted molar refractivity (Wildman–Crippen MR) is 201 cm³/mol. The normalized spacial score (nSPS) is 16.5. The third-order valence-corrected chi connectivity index (χ3v) is 9.90. The van der Waals surface area contributed by atoms with Crippen molar-refractivity contribution in [2.24, 2.45) is 5.11 Å². The van der Waals surface area contributed by atoms with Gasteiger partial charge in [-0.15, -0.1) is 6.42 Å². The summed E-state index contributed by atoms with van der Waals surface area (Å²) in [6.45, 7) is 3.28. The van der Waals surface area contributed by atoms with Gasteiger partial charge in [-0.1, -0.05) is 23.2 Å². The molecule has 13 nitrogen and oxygen atoms in total. The van der Waals surface area contributed by atoms with Crippen LogP contribution < -0.4 is 9.64 Å². The molecular weight excluding hydrogens is 713 g/mol. The van der Waals surface area contributed by atoms with Gasteiger partial charge >= 0.3 is 6.01 Å². The Bertz CT molecular complexity index is 2380. The van der Waals surface area contributed by atoms with E-state index >= 15 is 4.39 Å². The number of allylic oxidation sites excluding steroid dienone is 1. The second-order valence-electron chi connectivity index (χ2n) is 13.1. The van der Waals surface area contributed by atoms with Crippen LogP contribution >= 0.6 is 0 Å². The summed E-state index contributed by atoms with van der Waals surface area (Å²) < 4.78 is 53.1. The number of piperazine rings is 1. The highest BCUT2D eigenvalue weighted by molar-refractivity contribution is 6.03. The number of ether oxygens (including phenoxy) is 1. The summed E-state index contributed by atoms with van der Waals surface area (Å²) >= 11 is 0. The molecule has 7 rings (SSSR count). The van der Waals surface area contributed by atoms with Gasteiger partial charge in [0.05, 0.1) is 16.6 Å². The van der Waals surface area contributed by atoms with Crippen LogP contribution in [0.4, 0.5) is 19.0 Å². The Hall–Kier alpha value is -6.43. The van der Waals surface area contributed by atoms with Crippen LogP contribution in [0, 0.1) is 24.0 Å². The fourth-order valence-electron chi connectivity index (χ4n) is 7.34. The Morgan fingerprint density at radius 3 is 2.71 bits per heavy atom. The molecule has 280 valence electrons. The number of fused-ring (bicyclic) bond motifs is 2. The standard InChI is InChI=1S/C39H35F3N10O3/c1-2-27-30(40)10-9-24-19-26(54)20-28(33(24)27)35-34(42)36-29(21-45-35)38(48-39(47-36)55-23-25-7-5-13-50(25)14-6-12-46-49-43)52-17-15-51(16-18-52)37(31(41)22-53)32-8-3-4-11-44-32/h1,3-4,8-11,19-22,25,54H,5-7,12-18,23H2/b37-31-/t25-/m0/s1. The summed E-state index contributed by atoms with van der Waals surface area (Å²) in [5, 5.41) is 15.1. The number of aromatic nitrogens is 4. The van der Waals surface area contributed by atoms with Crippen LogP contribution in [0.3, 0.4) is 0 Å². The predicted octanol–water partition coefficient (Wildman–Crippen LogP) is 6.41. The van der Waals surface area contributed by atoms with Crippen molar-refractivity contribution in [1.29, 1.82) is 0 Å². The molecule has 0 radical (unpaired) electrons. The molecule has 0 unspecified atom stereocenters. The molecular formula is C39H35F3N10O3. The van der Waals surface area contributed by atoms with Crippen molar-refractivity contribution in [3.8, 4) is 35.4 Å². The van der Waals surface area contributed by atoms with Crippen LogP contribution in [0.2, 0.25) is 0 Å².